The summed E-state index contributed by atoms with van der Waals surface area (Å²) in [5.41, 5.74) is 7.36. The van der Waals surface area contributed by atoms with Gasteiger partial charge in [0.1, 0.15) is 11.5 Å². The molecule has 0 aliphatic carbocycles. The van der Waals surface area contributed by atoms with Crippen LogP contribution in [-0.4, -0.2) is 14.6 Å². The number of anilines is 1. The minimum atomic E-state index is -0.166. The molecule has 2 aromatic heterocycles. The highest BCUT2D eigenvalue weighted by atomic mass is 79.9. The van der Waals surface area contributed by atoms with E-state index in [-0.39, 0.29) is 5.41 Å². The second kappa shape index (κ2) is 4.28. The fourth-order valence-electron chi connectivity index (χ4n) is 1.73. The first-order chi connectivity index (χ1) is 8.30. The molecule has 4 N–H and O–H groups in total. The lowest BCUT2D eigenvalue weighted by atomic mass is 9.96. The van der Waals surface area contributed by atoms with Gasteiger partial charge < -0.3 is 11.6 Å². The van der Waals surface area contributed by atoms with Gasteiger partial charge in [-0.1, -0.05) is 20.8 Å². The van der Waals surface area contributed by atoms with Gasteiger partial charge in [-0.15, -0.1) is 0 Å². The number of nitrogens with two attached hydrogens (primary N) is 2. The molecular formula is C12H16BrN5. The standard InChI is InChI=1S/C12H16BrN5/c1-12(2,3)11-17-9(10(14)18(11)15)7-4-8(13)6-16-5-7/h4-6H,14-15H2,1-3H3. The number of halogens is 1. The normalized spacial score (nSPS) is 11.8. The van der Waals surface area contributed by atoms with E-state index in [9.17, 15) is 0 Å². The van der Waals surface area contributed by atoms with E-state index in [0.717, 1.165) is 15.9 Å². The molecule has 0 aliphatic heterocycles. The third-order valence-corrected chi connectivity index (χ3v) is 3.03. The molecule has 0 saturated carbocycles. The molecule has 0 atom stereocenters. The number of pyridine rings is 1. The first kappa shape index (κ1) is 12.9. The van der Waals surface area contributed by atoms with Gasteiger partial charge in [-0.25, -0.2) is 9.66 Å². The van der Waals surface area contributed by atoms with Crippen LogP contribution in [0.5, 0.6) is 0 Å². The molecule has 0 radical (unpaired) electrons. The zero-order valence-electron chi connectivity index (χ0n) is 10.6. The number of nitrogens with zero attached hydrogens (tertiary/aromatic N) is 3. The summed E-state index contributed by atoms with van der Waals surface area (Å²) in [5.74, 6) is 7.15. The Labute approximate surface area is 114 Å². The maximum atomic E-state index is 6.01. The Balaban J connectivity index is 2.60. The minimum absolute atomic E-state index is 0.166. The predicted molar refractivity (Wildman–Crippen MR) is 76.4 cm³/mol. The second-order valence-electron chi connectivity index (χ2n) is 5.18. The number of nitrogen functional groups attached to an aromatic ring is 2. The molecule has 2 rings (SSSR count). The van der Waals surface area contributed by atoms with Gasteiger partial charge >= 0.3 is 0 Å². The fraction of sp³-hybridized carbons (Fsp3) is 0.333. The Morgan fingerprint density at radius 3 is 2.44 bits per heavy atom. The van der Waals surface area contributed by atoms with E-state index >= 15 is 0 Å². The van der Waals surface area contributed by atoms with Crippen LogP contribution in [0.1, 0.15) is 26.6 Å². The average molecular weight is 310 g/mol. The Bertz CT molecular complexity index is 583. The van der Waals surface area contributed by atoms with Crippen LogP contribution >= 0.6 is 15.9 Å². The zero-order valence-corrected chi connectivity index (χ0v) is 12.2. The summed E-state index contributed by atoms with van der Waals surface area (Å²) >= 11 is 3.38. The SMILES string of the molecule is CC(C)(C)c1nc(-c2cncc(Br)c2)c(N)n1N. The van der Waals surface area contributed by atoms with Gasteiger partial charge in [-0.05, 0) is 22.0 Å². The first-order valence-corrected chi connectivity index (χ1v) is 6.34. The summed E-state index contributed by atoms with van der Waals surface area (Å²) in [6.45, 7) is 6.13. The van der Waals surface area contributed by atoms with E-state index in [2.05, 4.69) is 25.9 Å². The van der Waals surface area contributed by atoms with Crippen LogP contribution in [0, 0.1) is 0 Å². The van der Waals surface area contributed by atoms with Crippen molar-refractivity contribution in [1.82, 2.24) is 14.6 Å². The molecule has 0 spiro atoms. The van der Waals surface area contributed by atoms with Gasteiger partial charge in [0.2, 0.25) is 0 Å². The van der Waals surface area contributed by atoms with Crippen LogP contribution in [0.25, 0.3) is 11.3 Å². The predicted octanol–water partition coefficient (Wildman–Crippen LogP) is 2.30. The third-order valence-electron chi connectivity index (χ3n) is 2.60. The molecule has 0 saturated heterocycles. The molecule has 96 valence electrons. The molecule has 2 aromatic rings. The van der Waals surface area contributed by atoms with E-state index in [1.165, 1.54) is 4.68 Å². The maximum Gasteiger partial charge on any atom is 0.150 e. The van der Waals surface area contributed by atoms with E-state index in [4.69, 9.17) is 11.6 Å². The average Bonchev–Trinajstić information content (AvgIpc) is 2.55. The number of hydrogen-bond acceptors (Lipinski definition) is 4. The topological polar surface area (TPSA) is 82.8 Å². The second-order valence-corrected chi connectivity index (χ2v) is 6.10. The van der Waals surface area contributed by atoms with Crippen LogP contribution in [0.3, 0.4) is 0 Å². The van der Waals surface area contributed by atoms with Crippen LogP contribution in [0.4, 0.5) is 5.82 Å². The van der Waals surface area contributed by atoms with Crippen molar-refractivity contribution < 1.29 is 0 Å². The van der Waals surface area contributed by atoms with Crippen LogP contribution < -0.4 is 11.6 Å². The van der Waals surface area contributed by atoms with Crippen LogP contribution in [0.2, 0.25) is 0 Å². The minimum Gasteiger partial charge on any atom is -0.382 e. The van der Waals surface area contributed by atoms with Crippen molar-refractivity contribution in [3.8, 4) is 11.3 Å². The lowest BCUT2D eigenvalue weighted by Gasteiger charge is -2.17. The zero-order chi connectivity index (χ0) is 13.5. The molecular weight excluding hydrogens is 294 g/mol. The molecule has 5 nitrogen and oxygen atoms in total. The number of imidazole rings is 1. The smallest absolute Gasteiger partial charge is 0.150 e. The van der Waals surface area contributed by atoms with Crippen molar-refractivity contribution in [1.29, 1.82) is 0 Å². The van der Waals surface area contributed by atoms with Gasteiger partial charge in [0.05, 0.1) is 0 Å². The van der Waals surface area contributed by atoms with Gasteiger partial charge in [0, 0.05) is 27.8 Å². The Morgan fingerprint density at radius 1 is 1.28 bits per heavy atom. The highest BCUT2D eigenvalue weighted by Crippen LogP contribution is 2.30. The van der Waals surface area contributed by atoms with Gasteiger partial charge in [0.15, 0.2) is 5.82 Å². The molecule has 0 bridgehead atoms. The van der Waals surface area contributed by atoms with Gasteiger partial charge in [-0.2, -0.15) is 0 Å². The largest absolute Gasteiger partial charge is 0.382 e. The summed E-state index contributed by atoms with van der Waals surface area (Å²) in [7, 11) is 0. The first-order valence-electron chi connectivity index (χ1n) is 5.55. The number of hydrogen-bond donors (Lipinski definition) is 2. The number of aromatic nitrogens is 3. The van der Waals surface area contributed by atoms with Crippen molar-refractivity contribution in [3.63, 3.8) is 0 Å². The molecule has 6 heteroatoms. The fourth-order valence-corrected chi connectivity index (χ4v) is 2.09. The van der Waals surface area contributed by atoms with Crippen LogP contribution in [0.15, 0.2) is 22.9 Å². The van der Waals surface area contributed by atoms with Crippen molar-refractivity contribution >= 4 is 21.7 Å². The lowest BCUT2D eigenvalue weighted by molar-refractivity contribution is 0.532. The van der Waals surface area contributed by atoms with E-state index < -0.39 is 0 Å². The molecule has 18 heavy (non-hydrogen) atoms. The highest BCUT2D eigenvalue weighted by Gasteiger charge is 2.24. The molecule has 0 amide bonds. The van der Waals surface area contributed by atoms with Crippen molar-refractivity contribution in [2.75, 3.05) is 11.6 Å². The summed E-state index contributed by atoms with van der Waals surface area (Å²) in [6, 6.07) is 1.91. The van der Waals surface area contributed by atoms with Gasteiger partial charge in [0.25, 0.3) is 0 Å². The Hall–Kier alpha value is -1.56. The van der Waals surface area contributed by atoms with Crippen LogP contribution in [-0.2, 0) is 5.41 Å². The number of rotatable bonds is 1. The Morgan fingerprint density at radius 2 is 1.94 bits per heavy atom. The van der Waals surface area contributed by atoms with Gasteiger partial charge in [-0.3, -0.25) is 4.98 Å². The summed E-state index contributed by atoms with van der Waals surface area (Å²) in [4.78, 5) is 8.65. The third kappa shape index (κ3) is 2.20. The maximum absolute atomic E-state index is 6.01. The summed E-state index contributed by atoms with van der Waals surface area (Å²) in [5, 5.41) is 0. The van der Waals surface area contributed by atoms with Crippen molar-refractivity contribution in [3.05, 3.63) is 28.8 Å². The molecule has 0 fully saturated rings. The van der Waals surface area contributed by atoms with E-state index in [0.29, 0.717) is 11.5 Å². The molecule has 0 unspecified atom stereocenters. The summed E-state index contributed by atoms with van der Waals surface area (Å²) < 4.78 is 2.32. The van der Waals surface area contributed by atoms with Crippen molar-refractivity contribution in [2.45, 2.75) is 26.2 Å². The van der Waals surface area contributed by atoms with Crippen molar-refractivity contribution in [2.24, 2.45) is 0 Å². The molecule has 0 aliphatic rings. The highest BCUT2D eigenvalue weighted by molar-refractivity contribution is 9.10. The Kier molecular flexibility index (Phi) is 3.06. The lowest BCUT2D eigenvalue weighted by Crippen LogP contribution is -2.24. The molecule has 0 aromatic carbocycles. The van der Waals surface area contributed by atoms with E-state index in [1.54, 1.807) is 12.4 Å². The monoisotopic (exact) mass is 309 g/mol. The molecule has 2 heterocycles. The summed E-state index contributed by atoms with van der Waals surface area (Å²) in [6.07, 6.45) is 3.43. The quantitative estimate of drug-likeness (QED) is 0.792. The van der Waals surface area contributed by atoms with E-state index in [1.807, 2.05) is 26.8 Å².